The highest BCUT2D eigenvalue weighted by molar-refractivity contribution is 6.33. The number of anilines is 1. The van der Waals surface area contributed by atoms with Crippen molar-refractivity contribution >= 4 is 23.3 Å². The van der Waals surface area contributed by atoms with Crippen LogP contribution in [0.4, 0.5) is 10.5 Å². The molecule has 0 radical (unpaired) electrons. The Morgan fingerprint density at radius 2 is 2.16 bits per heavy atom. The van der Waals surface area contributed by atoms with Crippen molar-refractivity contribution in [1.29, 1.82) is 0 Å². The van der Waals surface area contributed by atoms with Gasteiger partial charge in [-0.3, -0.25) is 0 Å². The molecule has 2 N–H and O–H groups in total. The van der Waals surface area contributed by atoms with Crippen LogP contribution in [0.3, 0.4) is 0 Å². The van der Waals surface area contributed by atoms with Crippen molar-refractivity contribution in [2.24, 2.45) is 0 Å². The quantitative estimate of drug-likeness (QED) is 0.875. The Kier molecular flexibility index (Phi) is 5.05. The highest BCUT2D eigenvalue weighted by Gasteiger charge is 2.21. The maximum Gasteiger partial charge on any atom is 0.321 e. The molecule has 0 bridgehead atoms. The van der Waals surface area contributed by atoms with E-state index in [1.165, 1.54) is 0 Å². The lowest BCUT2D eigenvalue weighted by Gasteiger charge is -2.27. The van der Waals surface area contributed by atoms with Crippen LogP contribution >= 0.6 is 11.6 Å². The number of carbonyl (C=O) groups excluding carboxylic acids is 1. The third-order valence-corrected chi connectivity index (χ3v) is 3.86. The van der Waals surface area contributed by atoms with E-state index in [4.69, 9.17) is 11.6 Å². The molecule has 5 heteroatoms. The Morgan fingerprint density at radius 1 is 1.37 bits per heavy atom. The van der Waals surface area contributed by atoms with Crippen LogP contribution in [-0.2, 0) is 0 Å². The van der Waals surface area contributed by atoms with E-state index in [1.54, 1.807) is 11.0 Å². The molecule has 1 fully saturated rings. The molecule has 0 spiro atoms. The number of para-hydroxylation sites is 1. The summed E-state index contributed by atoms with van der Waals surface area (Å²) in [7, 11) is 1.85. The molecule has 4 nitrogen and oxygen atoms in total. The third-order valence-electron chi connectivity index (χ3n) is 3.53. The summed E-state index contributed by atoms with van der Waals surface area (Å²) in [4.78, 5) is 14.0. The maximum absolute atomic E-state index is 12.2. The monoisotopic (exact) mass is 281 g/mol. The highest BCUT2D eigenvalue weighted by Crippen LogP contribution is 2.21. The zero-order valence-electron chi connectivity index (χ0n) is 11.2. The molecule has 2 amide bonds. The summed E-state index contributed by atoms with van der Waals surface area (Å²) in [6.07, 6.45) is 3.14. The second-order valence-corrected chi connectivity index (χ2v) is 5.26. The normalized spacial score (nSPS) is 19.6. The summed E-state index contributed by atoms with van der Waals surface area (Å²) in [6, 6.07) is 7.48. The Labute approximate surface area is 119 Å². The van der Waals surface area contributed by atoms with Crippen molar-refractivity contribution in [3.8, 4) is 0 Å². The summed E-state index contributed by atoms with van der Waals surface area (Å²) in [5, 5.41) is 6.77. The van der Waals surface area contributed by atoms with Gasteiger partial charge in [-0.15, -0.1) is 0 Å². The molecule has 2 rings (SSSR count). The summed E-state index contributed by atoms with van der Waals surface area (Å²) >= 11 is 6.04. The Bertz CT molecular complexity index is 430. The van der Waals surface area contributed by atoms with Gasteiger partial charge < -0.3 is 15.5 Å². The van der Waals surface area contributed by atoms with Gasteiger partial charge in [0.05, 0.1) is 10.7 Å². The van der Waals surface area contributed by atoms with Gasteiger partial charge in [0.2, 0.25) is 0 Å². The lowest BCUT2D eigenvalue weighted by atomic mass is 10.1. The van der Waals surface area contributed by atoms with Gasteiger partial charge in [0, 0.05) is 13.1 Å². The molecule has 0 aromatic heterocycles. The number of nitrogens with one attached hydrogen (secondary N) is 2. The number of urea groups is 1. The number of nitrogens with zero attached hydrogens (tertiary/aromatic N) is 1. The van der Waals surface area contributed by atoms with Crippen LogP contribution in [0, 0.1) is 0 Å². The minimum Gasteiger partial charge on any atom is -0.325 e. The van der Waals surface area contributed by atoms with Crippen molar-refractivity contribution in [3.05, 3.63) is 29.3 Å². The molecule has 104 valence electrons. The fraction of sp³-hybridized carbons (Fsp3) is 0.500. The number of halogens is 1. The first-order valence-electron chi connectivity index (χ1n) is 6.67. The summed E-state index contributed by atoms with van der Waals surface area (Å²) in [5.41, 5.74) is 0.660. The van der Waals surface area contributed by atoms with E-state index in [9.17, 15) is 4.79 Å². The fourth-order valence-electron chi connectivity index (χ4n) is 2.32. The Balaban J connectivity index is 1.97. The molecule has 1 aliphatic heterocycles. The first kappa shape index (κ1) is 14.2. The molecule has 1 atom stereocenters. The van der Waals surface area contributed by atoms with Gasteiger partial charge in [-0.05, 0) is 44.5 Å². The Morgan fingerprint density at radius 3 is 2.95 bits per heavy atom. The van der Waals surface area contributed by atoms with Crippen molar-refractivity contribution in [1.82, 2.24) is 10.2 Å². The molecule has 1 aliphatic rings. The molecular weight excluding hydrogens is 262 g/mol. The fourth-order valence-corrected chi connectivity index (χ4v) is 2.50. The second-order valence-electron chi connectivity index (χ2n) is 4.86. The van der Waals surface area contributed by atoms with Gasteiger partial charge >= 0.3 is 6.03 Å². The van der Waals surface area contributed by atoms with Gasteiger partial charge in [0.25, 0.3) is 0 Å². The van der Waals surface area contributed by atoms with Crippen LogP contribution in [0.25, 0.3) is 0 Å². The van der Waals surface area contributed by atoms with Crippen molar-refractivity contribution in [2.45, 2.75) is 25.3 Å². The number of rotatable bonds is 2. The van der Waals surface area contributed by atoms with E-state index in [0.717, 1.165) is 32.4 Å². The van der Waals surface area contributed by atoms with E-state index in [2.05, 4.69) is 10.6 Å². The van der Waals surface area contributed by atoms with Gasteiger partial charge in [-0.1, -0.05) is 23.7 Å². The minimum atomic E-state index is -0.0972. The van der Waals surface area contributed by atoms with Crippen LogP contribution in [0.1, 0.15) is 19.3 Å². The predicted molar refractivity (Wildman–Crippen MR) is 78.7 cm³/mol. The van der Waals surface area contributed by atoms with Crippen LogP contribution in [0.2, 0.25) is 5.02 Å². The predicted octanol–water partition coefficient (Wildman–Crippen LogP) is 2.95. The van der Waals surface area contributed by atoms with Crippen molar-refractivity contribution in [2.75, 3.05) is 25.5 Å². The van der Waals surface area contributed by atoms with Crippen LogP contribution in [0.15, 0.2) is 24.3 Å². The van der Waals surface area contributed by atoms with Gasteiger partial charge in [0.15, 0.2) is 0 Å². The van der Waals surface area contributed by atoms with E-state index >= 15 is 0 Å². The van der Waals surface area contributed by atoms with Crippen LogP contribution in [0.5, 0.6) is 0 Å². The molecule has 19 heavy (non-hydrogen) atoms. The lowest BCUT2D eigenvalue weighted by Crippen LogP contribution is -2.40. The molecule has 1 saturated heterocycles. The average molecular weight is 282 g/mol. The smallest absolute Gasteiger partial charge is 0.321 e. The van der Waals surface area contributed by atoms with Gasteiger partial charge in [-0.2, -0.15) is 0 Å². The topological polar surface area (TPSA) is 44.4 Å². The third kappa shape index (κ3) is 3.85. The molecular formula is C14H20ClN3O. The molecule has 1 aromatic rings. The molecule has 1 unspecified atom stereocenters. The van der Waals surface area contributed by atoms with E-state index in [0.29, 0.717) is 10.7 Å². The van der Waals surface area contributed by atoms with Crippen LogP contribution in [-0.4, -0.2) is 37.1 Å². The lowest BCUT2D eigenvalue weighted by molar-refractivity contribution is 0.198. The summed E-state index contributed by atoms with van der Waals surface area (Å²) < 4.78 is 0. The Hall–Kier alpha value is -1.26. The SMILES string of the molecule is CN(C(=O)Nc1ccccc1Cl)C1CCCNCC1. The zero-order valence-corrected chi connectivity index (χ0v) is 11.9. The minimum absolute atomic E-state index is 0.0972. The highest BCUT2D eigenvalue weighted by atomic mass is 35.5. The number of amides is 2. The number of benzene rings is 1. The van der Waals surface area contributed by atoms with Gasteiger partial charge in [0.1, 0.15) is 0 Å². The second kappa shape index (κ2) is 6.78. The number of hydrogen-bond acceptors (Lipinski definition) is 2. The molecule has 1 aromatic carbocycles. The number of hydrogen-bond donors (Lipinski definition) is 2. The van der Waals surface area contributed by atoms with Crippen molar-refractivity contribution < 1.29 is 4.79 Å². The molecule has 0 saturated carbocycles. The average Bonchev–Trinajstić information content (AvgIpc) is 2.69. The summed E-state index contributed by atoms with van der Waals surface area (Å²) in [5.74, 6) is 0. The zero-order chi connectivity index (χ0) is 13.7. The van der Waals surface area contributed by atoms with E-state index in [1.807, 2.05) is 25.2 Å². The van der Waals surface area contributed by atoms with E-state index < -0.39 is 0 Å². The standard InChI is InChI=1S/C14H20ClN3O/c1-18(11-5-4-9-16-10-8-11)14(19)17-13-7-3-2-6-12(13)15/h2-3,6-7,11,16H,4-5,8-10H2,1H3,(H,17,19). The van der Waals surface area contributed by atoms with Crippen LogP contribution < -0.4 is 10.6 Å². The van der Waals surface area contributed by atoms with E-state index in [-0.39, 0.29) is 12.1 Å². The summed E-state index contributed by atoms with van der Waals surface area (Å²) in [6.45, 7) is 2.00. The molecule has 0 aliphatic carbocycles. The first-order chi connectivity index (χ1) is 9.18. The van der Waals surface area contributed by atoms with Crippen molar-refractivity contribution in [3.63, 3.8) is 0 Å². The first-order valence-corrected chi connectivity index (χ1v) is 7.05. The van der Waals surface area contributed by atoms with Gasteiger partial charge in [-0.25, -0.2) is 4.79 Å². The largest absolute Gasteiger partial charge is 0.325 e. The maximum atomic E-state index is 12.2. The number of carbonyl (C=O) groups is 1. The molecule has 1 heterocycles.